The topological polar surface area (TPSA) is 87.7 Å². The van der Waals surface area contributed by atoms with Crippen LogP contribution in [-0.2, 0) is 14.3 Å². The molecule has 0 saturated carbocycles. The monoisotopic (exact) mass is 409 g/mol. The van der Waals surface area contributed by atoms with E-state index in [1.807, 2.05) is 0 Å². The number of carbonyl (C=O) groups excluding carboxylic acids is 3. The van der Waals surface area contributed by atoms with Crippen LogP contribution >= 0.6 is 12.4 Å². The Morgan fingerprint density at radius 3 is 2.39 bits per heavy atom. The van der Waals surface area contributed by atoms with Crippen LogP contribution in [0, 0.1) is 5.92 Å². The molecule has 3 rings (SSSR count). The van der Waals surface area contributed by atoms with E-state index < -0.39 is 0 Å². The summed E-state index contributed by atoms with van der Waals surface area (Å²) in [5.41, 5.74) is 1.27. The lowest BCUT2D eigenvalue weighted by atomic mass is 9.96. The summed E-state index contributed by atoms with van der Waals surface area (Å²) in [4.78, 5) is 38.4. The second-order valence-electron chi connectivity index (χ2n) is 7.03. The number of likely N-dealkylation sites (tertiary alicyclic amines) is 1. The van der Waals surface area contributed by atoms with E-state index in [0.29, 0.717) is 43.8 Å². The number of piperidine rings is 1. The van der Waals surface area contributed by atoms with Crippen LogP contribution in [0.1, 0.15) is 43.0 Å². The molecule has 2 saturated heterocycles. The number of hydrogen-bond donors (Lipinski definition) is 2. The SMILES string of the molecule is CCOC(=O)C1CCN(C(=O)c2ccc(NC(=O)C3CCCN3)cc2)CC1.Cl. The normalized spacial score (nSPS) is 19.6. The van der Waals surface area contributed by atoms with Crippen LogP contribution in [0.4, 0.5) is 5.69 Å². The summed E-state index contributed by atoms with van der Waals surface area (Å²) in [5.74, 6) is -0.363. The second kappa shape index (κ2) is 10.4. The molecular weight excluding hydrogens is 382 g/mol. The van der Waals surface area contributed by atoms with Gasteiger partial charge in [0.15, 0.2) is 0 Å². The summed E-state index contributed by atoms with van der Waals surface area (Å²) in [6, 6.07) is 6.85. The molecule has 1 aromatic rings. The van der Waals surface area contributed by atoms with Crippen molar-refractivity contribution in [2.75, 3.05) is 31.6 Å². The first kappa shape index (κ1) is 22.2. The molecule has 2 N–H and O–H groups in total. The Kier molecular flexibility index (Phi) is 8.26. The van der Waals surface area contributed by atoms with Gasteiger partial charge in [-0.15, -0.1) is 12.4 Å². The van der Waals surface area contributed by atoms with Crippen LogP contribution in [0.3, 0.4) is 0 Å². The second-order valence-corrected chi connectivity index (χ2v) is 7.03. The fourth-order valence-corrected chi connectivity index (χ4v) is 3.59. The molecule has 154 valence electrons. The average molecular weight is 410 g/mol. The third-order valence-electron chi connectivity index (χ3n) is 5.18. The van der Waals surface area contributed by atoms with E-state index in [9.17, 15) is 14.4 Å². The smallest absolute Gasteiger partial charge is 0.309 e. The largest absolute Gasteiger partial charge is 0.466 e. The van der Waals surface area contributed by atoms with E-state index in [0.717, 1.165) is 19.4 Å². The molecular formula is C20H28ClN3O4. The minimum absolute atomic E-state index is 0. The van der Waals surface area contributed by atoms with Gasteiger partial charge in [0.2, 0.25) is 5.91 Å². The molecule has 0 aliphatic carbocycles. The van der Waals surface area contributed by atoms with Crippen molar-refractivity contribution in [3.05, 3.63) is 29.8 Å². The first-order valence-corrected chi connectivity index (χ1v) is 9.68. The fraction of sp³-hybridized carbons (Fsp3) is 0.550. The van der Waals surface area contributed by atoms with Gasteiger partial charge in [0.25, 0.3) is 5.91 Å². The van der Waals surface area contributed by atoms with Gasteiger partial charge in [-0.3, -0.25) is 14.4 Å². The first-order chi connectivity index (χ1) is 13.1. The third-order valence-corrected chi connectivity index (χ3v) is 5.18. The number of halogens is 1. The molecule has 0 spiro atoms. The Morgan fingerprint density at radius 2 is 1.82 bits per heavy atom. The van der Waals surface area contributed by atoms with Crippen LogP contribution in [0.15, 0.2) is 24.3 Å². The lowest BCUT2D eigenvalue weighted by molar-refractivity contribution is -0.149. The number of nitrogens with zero attached hydrogens (tertiary/aromatic N) is 1. The lowest BCUT2D eigenvalue weighted by Crippen LogP contribution is -2.40. The van der Waals surface area contributed by atoms with Crippen molar-refractivity contribution in [3.8, 4) is 0 Å². The van der Waals surface area contributed by atoms with E-state index in [-0.39, 0.29) is 42.2 Å². The summed E-state index contributed by atoms with van der Waals surface area (Å²) < 4.78 is 5.06. The quantitative estimate of drug-likeness (QED) is 0.728. The highest BCUT2D eigenvalue weighted by molar-refractivity contribution is 5.97. The highest BCUT2D eigenvalue weighted by Crippen LogP contribution is 2.21. The number of nitrogens with one attached hydrogen (secondary N) is 2. The Bertz CT molecular complexity index is 681. The summed E-state index contributed by atoms with van der Waals surface area (Å²) >= 11 is 0. The number of anilines is 1. The zero-order valence-corrected chi connectivity index (χ0v) is 16.9. The van der Waals surface area contributed by atoms with Gasteiger partial charge in [-0.25, -0.2) is 0 Å². The van der Waals surface area contributed by atoms with Crippen LogP contribution in [0.5, 0.6) is 0 Å². The van der Waals surface area contributed by atoms with Crippen molar-refractivity contribution < 1.29 is 19.1 Å². The van der Waals surface area contributed by atoms with Crippen molar-refractivity contribution in [1.29, 1.82) is 0 Å². The molecule has 1 atom stereocenters. The number of carbonyl (C=O) groups is 3. The number of benzene rings is 1. The molecule has 0 aromatic heterocycles. The number of hydrogen-bond acceptors (Lipinski definition) is 5. The Balaban J connectivity index is 0.00000280. The number of amides is 2. The summed E-state index contributed by atoms with van der Waals surface area (Å²) in [7, 11) is 0. The number of rotatable bonds is 5. The number of esters is 1. The van der Waals surface area contributed by atoms with Gasteiger partial charge in [-0.1, -0.05) is 0 Å². The maximum atomic E-state index is 12.7. The molecule has 2 fully saturated rings. The molecule has 0 radical (unpaired) electrons. The van der Waals surface area contributed by atoms with Gasteiger partial charge in [0.1, 0.15) is 0 Å². The predicted octanol–water partition coefficient (Wildman–Crippen LogP) is 2.21. The molecule has 2 aliphatic heterocycles. The van der Waals surface area contributed by atoms with E-state index >= 15 is 0 Å². The van der Waals surface area contributed by atoms with Crippen LogP contribution in [0.25, 0.3) is 0 Å². The van der Waals surface area contributed by atoms with Gasteiger partial charge in [-0.05, 0) is 63.4 Å². The zero-order chi connectivity index (χ0) is 19.2. The molecule has 1 aromatic carbocycles. The van der Waals surface area contributed by atoms with Gasteiger partial charge in [0, 0.05) is 24.3 Å². The Labute approximate surface area is 171 Å². The number of ether oxygens (including phenoxy) is 1. The molecule has 8 heteroatoms. The fourth-order valence-electron chi connectivity index (χ4n) is 3.59. The molecule has 0 bridgehead atoms. The standard InChI is InChI=1S/C20H27N3O4.ClH/c1-2-27-20(26)15-9-12-23(13-10-15)19(25)14-5-7-16(8-6-14)22-18(24)17-4-3-11-21-17;/h5-8,15,17,21H,2-4,9-13H2,1H3,(H,22,24);1H. The molecule has 28 heavy (non-hydrogen) atoms. The summed E-state index contributed by atoms with van der Waals surface area (Å²) in [6.45, 7) is 4.16. The van der Waals surface area contributed by atoms with Crippen molar-refractivity contribution in [3.63, 3.8) is 0 Å². The van der Waals surface area contributed by atoms with Crippen molar-refractivity contribution in [2.24, 2.45) is 5.92 Å². The molecule has 2 heterocycles. The van der Waals surface area contributed by atoms with Crippen molar-refractivity contribution in [2.45, 2.75) is 38.6 Å². The van der Waals surface area contributed by atoms with Gasteiger partial charge in [-0.2, -0.15) is 0 Å². The van der Waals surface area contributed by atoms with E-state index in [1.54, 1.807) is 36.1 Å². The maximum Gasteiger partial charge on any atom is 0.309 e. The zero-order valence-electron chi connectivity index (χ0n) is 16.1. The van der Waals surface area contributed by atoms with E-state index in [2.05, 4.69) is 10.6 Å². The van der Waals surface area contributed by atoms with Crippen molar-refractivity contribution in [1.82, 2.24) is 10.2 Å². The van der Waals surface area contributed by atoms with E-state index in [1.165, 1.54) is 0 Å². The van der Waals surface area contributed by atoms with Crippen LogP contribution < -0.4 is 10.6 Å². The van der Waals surface area contributed by atoms with Gasteiger partial charge >= 0.3 is 5.97 Å². The highest BCUT2D eigenvalue weighted by atomic mass is 35.5. The van der Waals surface area contributed by atoms with Gasteiger partial charge < -0.3 is 20.3 Å². The Hall–Kier alpha value is -2.12. The minimum atomic E-state index is -0.165. The lowest BCUT2D eigenvalue weighted by Gasteiger charge is -2.31. The van der Waals surface area contributed by atoms with Crippen molar-refractivity contribution >= 4 is 35.9 Å². The van der Waals surface area contributed by atoms with E-state index in [4.69, 9.17) is 4.74 Å². The minimum Gasteiger partial charge on any atom is -0.466 e. The van der Waals surface area contributed by atoms with Gasteiger partial charge in [0.05, 0.1) is 18.6 Å². The molecule has 7 nitrogen and oxygen atoms in total. The third kappa shape index (κ3) is 5.45. The first-order valence-electron chi connectivity index (χ1n) is 9.68. The molecule has 2 amide bonds. The molecule has 1 unspecified atom stereocenters. The van der Waals surface area contributed by atoms with Crippen LogP contribution in [0.2, 0.25) is 0 Å². The highest BCUT2D eigenvalue weighted by Gasteiger charge is 2.28. The summed E-state index contributed by atoms with van der Waals surface area (Å²) in [6.07, 6.45) is 3.13. The average Bonchev–Trinajstić information content (AvgIpc) is 3.23. The van der Waals surface area contributed by atoms with Crippen LogP contribution in [-0.4, -0.2) is 55.0 Å². The summed E-state index contributed by atoms with van der Waals surface area (Å²) in [5, 5.41) is 6.04. The predicted molar refractivity (Wildman–Crippen MR) is 109 cm³/mol. The Morgan fingerprint density at radius 1 is 1.14 bits per heavy atom. The molecule has 2 aliphatic rings. The maximum absolute atomic E-state index is 12.7.